The molecule has 5 rings (SSSR count). The lowest BCUT2D eigenvalue weighted by Gasteiger charge is -2.37. The number of nitrogens with zero attached hydrogens (tertiary/aromatic N) is 3. The number of rotatable bonds is 5. The minimum atomic E-state index is -0.349. The summed E-state index contributed by atoms with van der Waals surface area (Å²) >= 11 is 5.70. The molecule has 8 heteroatoms. The summed E-state index contributed by atoms with van der Waals surface area (Å²) in [4.78, 5) is 6.48. The van der Waals surface area contributed by atoms with Crippen LogP contribution in [0.3, 0.4) is 0 Å². The van der Waals surface area contributed by atoms with Gasteiger partial charge in [-0.05, 0) is 55.0 Å². The summed E-state index contributed by atoms with van der Waals surface area (Å²) in [5, 5.41) is 8.04. The number of allylic oxidation sites excluding steroid dienone is 1. The summed E-state index contributed by atoms with van der Waals surface area (Å²) in [6.07, 6.45) is 0. The fourth-order valence-corrected chi connectivity index (χ4v) is 4.41. The molecule has 0 spiro atoms. The van der Waals surface area contributed by atoms with Crippen LogP contribution in [0, 0.1) is 5.82 Å². The fourth-order valence-electron chi connectivity index (χ4n) is 4.05. The van der Waals surface area contributed by atoms with Gasteiger partial charge >= 0.3 is 0 Å². The van der Waals surface area contributed by atoms with Crippen molar-refractivity contribution in [3.8, 4) is 17.1 Å². The summed E-state index contributed by atoms with van der Waals surface area (Å²) < 4.78 is 25.1. The third-order valence-corrected chi connectivity index (χ3v) is 5.97. The van der Waals surface area contributed by atoms with E-state index in [4.69, 9.17) is 26.5 Å². The fraction of sp³-hybridized carbons (Fsp3) is 0.115. The molecule has 6 nitrogen and oxygen atoms in total. The van der Waals surface area contributed by atoms with Gasteiger partial charge in [0.05, 0.1) is 24.4 Å². The van der Waals surface area contributed by atoms with Gasteiger partial charge in [0.1, 0.15) is 11.6 Å². The molecule has 1 atom stereocenters. The second-order valence-electron chi connectivity index (χ2n) is 7.76. The van der Waals surface area contributed by atoms with Crippen molar-refractivity contribution in [2.45, 2.75) is 13.0 Å². The van der Waals surface area contributed by atoms with Gasteiger partial charge in [-0.15, -0.1) is 0 Å². The molecular weight excluding hydrogens is 451 g/mol. The normalized spacial score (nSPS) is 15.9. The first-order valence-electron chi connectivity index (χ1n) is 10.7. The molecule has 1 unspecified atom stereocenters. The van der Waals surface area contributed by atoms with E-state index in [1.54, 1.807) is 24.1 Å². The zero-order chi connectivity index (χ0) is 23.7. The summed E-state index contributed by atoms with van der Waals surface area (Å²) in [6, 6.07) is 23.3. The van der Waals surface area contributed by atoms with Crippen LogP contribution in [-0.2, 0) is 0 Å². The molecule has 0 aliphatic carbocycles. The zero-order valence-corrected chi connectivity index (χ0v) is 19.3. The molecule has 4 aromatic rings. The van der Waals surface area contributed by atoms with Crippen molar-refractivity contribution in [1.82, 2.24) is 15.5 Å². The predicted octanol–water partition coefficient (Wildman–Crippen LogP) is 5.75. The van der Waals surface area contributed by atoms with Crippen LogP contribution in [0.15, 0.2) is 89.1 Å². The third kappa shape index (κ3) is 4.04. The van der Waals surface area contributed by atoms with E-state index in [1.807, 2.05) is 61.5 Å². The number of ether oxygens (including phenoxy) is 1. The number of nitrogens with one attached hydrogen (secondary N) is 1. The Hall–Kier alpha value is -4.04. The van der Waals surface area contributed by atoms with Crippen molar-refractivity contribution < 1.29 is 13.7 Å². The van der Waals surface area contributed by atoms with Crippen LogP contribution in [0.25, 0.3) is 17.0 Å². The highest BCUT2D eigenvalue weighted by molar-refractivity contribution is 7.80. The molecule has 1 N–H and O–H groups in total. The molecule has 2 heterocycles. The first-order valence-corrected chi connectivity index (χ1v) is 11.1. The molecule has 0 radical (unpaired) electrons. The average Bonchev–Trinajstić information content (AvgIpc) is 3.34. The molecule has 1 aliphatic heterocycles. The van der Waals surface area contributed by atoms with Crippen LogP contribution in [0.1, 0.15) is 24.4 Å². The Morgan fingerprint density at radius 2 is 1.82 bits per heavy atom. The lowest BCUT2D eigenvalue weighted by molar-refractivity contribution is 0.403. The first kappa shape index (κ1) is 21.8. The molecule has 34 heavy (non-hydrogen) atoms. The van der Waals surface area contributed by atoms with Crippen LogP contribution in [0.2, 0.25) is 0 Å². The molecule has 0 fully saturated rings. The Morgan fingerprint density at radius 1 is 1.03 bits per heavy atom. The molecule has 1 aromatic heterocycles. The largest absolute Gasteiger partial charge is 0.497 e. The topological polar surface area (TPSA) is 63.4 Å². The lowest BCUT2D eigenvalue weighted by Crippen LogP contribution is -2.46. The second-order valence-corrected chi connectivity index (χ2v) is 8.15. The lowest BCUT2D eigenvalue weighted by atomic mass is 9.94. The van der Waals surface area contributed by atoms with Gasteiger partial charge in [0, 0.05) is 11.3 Å². The van der Waals surface area contributed by atoms with Gasteiger partial charge < -0.3 is 14.6 Å². The number of aromatic nitrogens is 2. The van der Waals surface area contributed by atoms with Crippen LogP contribution < -0.4 is 15.0 Å². The predicted molar refractivity (Wildman–Crippen MR) is 133 cm³/mol. The maximum Gasteiger partial charge on any atom is 0.258 e. The van der Waals surface area contributed by atoms with Crippen LogP contribution in [0.4, 0.5) is 10.1 Å². The smallest absolute Gasteiger partial charge is 0.258 e. The van der Waals surface area contributed by atoms with Gasteiger partial charge in [0.15, 0.2) is 5.11 Å². The molecule has 3 aromatic carbocycles. The Morgan fingerprint density at radius 3 is 2.59 bits per heavy atom. The van der Waals surface area contributed by atoms with Crippen molar-refractivity contribution >= 4 is 28.6 Å². The SMILES string of the molecule is COc1cccc(-c2noc(C3=C(C)N(c4cccc(F)c4)C(=S)NC3c3ccccc3)n2)c1. The number of hydrogen-bond donors (Lipinski definition) is 1. The standard InChI is InChI=1S/C26H21FN4O2S/c1-16-22(25-29-24(30-33-25)18-10-6-13-21(14-18)32-2)23(17-8-4-3-5-9-17)28-26(34)31(16)20-12-7-11-19(27)15-20/h3-15,23H,1-2H3,(H,28,34). The Kier molecular flexibility index (Phi) is 5.81. The maximum absolute atomic E-state index is 14.0. The van der Waals surface area contributed by atoms with Crippen molar-refractivity contribution in [3.63, 3.8) is 0 Å². The Bertz CT molecular complexity index is 1390. The van der Waals surface area contributed by atoms with E-state index < -0.39 is 0 Å². The van der Waals surface area contributed by atoms with Gasteiger partial charge in [-0.1, -0.05) is 53.7 Å². The summed E-state index contributed by atoms with van der Waals surface area (Å²) in [5.74, 6) is 1.13. The van der Waals surface area contributed by atoms with Crippen LogP contribution in [0.5, 0.6) is 5.75 Å². The van der Waals surface area contributed by atoms with Gasteiger partial charge in [-0.25, -0.2) is 4.39 Å². The van der Waals surface area contributed by atoms with Gasteiger partial charge in [0.2, 0.25) is 5.82 Å². The molecular formula is C26H21FN4O2S. The minimum absolute atomic E-state index is 0.322. The van der Waals surface area contributed by atoms with E-state index in [1.165, 1.54) is 12.1 Å². The van der Waals surface area contributed by atoms with E-state index in [-0.39, 0.29) is 11.9 Å². The van der Waals surface area contributed by atoms with Crippen molar-refractivity contribution in [2.75, 3.05) is 12.0 Å². The number of methoxy groups -OCH3 is 1. The Balaban J connectivity index is 1.65. The quantitative estimate of drug-likeness (QED) is 0.371. The monoisotopic (exact) mass is 472 g/mol. The van der Waals surface area contributed by atoms with Crippen LogP contribution in [-0.4, -0.2) is 22.4 Å². The summed E-state index contributed by atoms with van der Waals surface area (Å²) in [6.45, 7) is 1.92. The van der Waals surface area contributed by atoms with E-state index in [9.17, 15) is 4.39 Å². The molecule has 0 amide bonds. The van der Waals surface area contributed by atoms with Crippen molar-refractivity contribution in [2.24, 2.45) is 0 Å². The first-order chi connectivity index (χ1) is 16.5. The van der Waals surface area contributed by atoms with Gasteiger partial charge in [-0.3, -0.25) is 4.90 Å². The third-order valence-electron chi connectivity index (χ3n) is 5.67. The highest BCUT2D eigenvalue weighted by Crippen LogP contribution is 2.39. The zero-order valence-electron chi connectivity index (χ0n) is 18.5. The van der Waals surface area contributed by atoms with Crippen molar-refractivity contribution in [1.29, 1.82) is 0 Å². The number of halogens is 1. The molecule has 0 bridgehead atoms. The molecule has 170 valence electrons. The van der Waals surface area contributed by atoms with Crippen LogP contribution >= 0.6 is 12.2 Å². The number of thiocarbonyl (C=S) groups is 1. The van der Waals surface area contributed by atoms with E-state index in [0.29, 0.717) is 28.3 Å². The minimum Gasteiger partial charge on any atom is -0.497 e. The van der Waals surface area contributed by atoms with E-state index in [0.717, 1.165) is 22.4 Å². The summed E-state index contributed by atoms with van der Waals surface area (Å²) in [7, 11) is 1.61. The summed E-state index contributed by atoms with van der Waals surface area (Å²) in [5.41, 5.74) is 3.88. The highest BCUT2D eigenvalue weighted by Gasteiger charge is 2.34. The maximum atomic E-state index is 14.0. The number of benzene rings is 3. The van der Waals surface area contributed by atoms with E-state index >= 15 is 0 Å². The van der Waals surface area contributed by atoms with E-state index in [2.05, 4.69) is 10.5 Å². The van der Waals surface area contributed by atoms with Gasteiger partial charge in [-0.2, -0.15) is 4.98 Å². The molecule has 0 saturated carbocycles. The van der Waals surface area contributed by atoms with Crippen molar-refractivity contribution in [3.05, 3.63) is 102 Å². The van der Waals surface area contributed by atoms with Gasteiger partial charge in [0.25, 0.3) is 5.89 Å². The highest BCUT2D eigenvalue weighted by atomic mass is 32.1. The Labute approximate surface area is 201 Å². The number of anilines is 1. The second kappa shape index (κ2) is 9.07. The molecule has 1 aliphatic rings. The number of hydrogen-bond acceptors (Lipinski definition) is 5. The molecule has 0 saturated heterocycles. The average molecular weight is 473 g/mol.